The van der Waals surface area contributed by atoms with Crippen LogP contribution in [0.5, 0.6) is 5.75 Å². The lowest BCUT2D eigenvalue weighted by atomic mass is 10.3. The van der Waals surface area contributed by atoms with E-state index in [4.69, 9.17) is 15.2 Å². The molecule has 0 bridgehead atoms. The van der Waals surface area contributed by atoms with Crippen LogP contribution in [0.25, 0.3) is 0 Å². The lowest BCUT2D eigenvalue weighted by Crippen LogP contribution is -2.06. The molecule has 16 heavy (non-hydrogen) atoms. The van der Waals surface area contributed by atoms with Gasteiger partial charge in [-0.1, -0.05) is 0 Å². The Morgan fingerprint density at radius 3 is 2.88 bits per heavy atom. The van der Waals surface area contributed by atoms with Gasteiger partial charge in [0.1, 0.15) is 5.75 Å². The summed E-state index contributed by atoms with van der Waals surface area (Å²) in [5.74, 6) is 0.693. The maximum atomic E-state index is 11.1. The topological polar surface area (TPSA) is 61.5 Å². The second kappa shape index (κ2) is 6.27. The van der Waals surface area contributed by atoms with E-state index in [1.807, 2.05) is 6.07 Å². The molecule has 4 nitrogen and oxygen atoms in total. The number of carbonyl (C=O) groups is 1. The predicted molar refractivity (Wildman–Crippen MR) is 64.8 cm³/mol. The van der Waals surface area contributed by atoms with Gasteiger partial charge in [0, 0.05) is 4.90 Å². The minimum absolute atomic E-state index is 0.219. The van der Waals surface area contributed by atoms with Crippen LogP contribution in [0.3, 0.4) is 0 Å². The fourth-order valence-corrected chi connectivity index (χ4v) is 1.85. The van der Waals surface area contributed by atoms with Crippen molar-refractivity contribution >= 4 is 23.4 Å². The maximum absolute atomic E-state index is 11.1. The van der Waals surface area contributed by atoms with Crippen LogP contribution in [0.4, 0.5) is 5.69 Å². The van der Waals surface area contributed by atoms with Gasteiger partial charge in [-0.05, 0) is 25.1 Å². The van der Waals surface area contributed by atoms with Gasteiger partial charge in [0.25, 0.3) is 0 Å². The van der Waals surface area contributed by atoms with E-state index in [2.05, 4.69) is 0 Å². The molecular formula is C11H15NO3S. The molecule has 5 heteroatoms. The van der Waals surface area contributed by atoms with E-state index in [0.717, 1.165) is 4.90 Å². The Hall–Kier alpha value is -1.36. The molecule has 0 amide bonds. The summed E-state index contributed by atoms with van der Waals surface area (Å²) in [6, 6.07) is 5.41. The number of nitrogen functional groups attached to an aromatic ring is 1. The monoisotopic (exact) mass is 241 g/mol. The Bertz CT molecular complexity index is 368. The van der Waals surface area contributed by atoms with Gasteiger partial charge < -0.3 is 15.2 Å². The van der Waals surface area contributed by atoms with E-state index in [1.165, 1.54) is 11.8 Å². The largest absolute Gasteiger partial charge is 0.495 e. The van der Waals surface area contributed by atoms with Crippen molar-refractivity contribution in [1.82, 2.24) is 0 Å². The third-order valence-electron chi connectivity index (χ3n) is 1.87. The molecule has 0 aliphatic carbocycles. The Labute approximate surface area is 99.1 Å². The molecule has 0 heterocycles. The molecular weight excluding hydrogens is 226 g/mol. The maximum Gasteiger partial charge on any atom is 0.316 e. The highest BCUT2D eigenvalue weighted by molar-refractivity contribution is 8.00. The zero-order valence-electron chi connectivity index (χ0n) is 9.36. The van der Waals surface area contributed by atoms with Crippen LogP contribution in [0, 0.1) is 0 Å². The van der Waals surface area contributed by atoms with E-state index >= 15 is 0 Å². The van der Waals surface area contributed by atoms with E-state index in [9.17, 15) is 4.79 Å². The molecule has 0 saturated heterocycles. The zero-order chi connectivity index (χ0) is 12.0. The van der Waals surface area contributed by atoms with Gasteiger partial charge in [0.05, 0.1) is 25.2 Å². The molecule has 0 fully saturated rings. The van der Waals surface area contributed by atoms with Gasteiger partial charge >= 0.3 is 5.97 Å². The number of methoxy groups -OCH3 is 1. The number of esters is 1. The standard InChI is InChI=1S/C11H15NO3S/c1-3-15-11(13)7-16-8-4-5-9(12)10(6-8)14-2/h4-6H,3,7,12H2,1-2H3. The third-order valence-corrected chi connectivity index (χ3v) is 2.83. The summed E-state index contributed by atoms with van der Waals surface area (Å²) in [6.07, 6.45) is 0. The number of hydrogen-bond acceptors (Lipinski definition) is 5. The van der Waals surface area contributed by atoms with Crippen molar-refractivity contribution in [2.75, 3.05) is 25.2 Å². The molecule has 0 aromatic heterocycles. The molecule has 0 atom stereocenters. The molecule has 0 radical (unpaired) electrons. The van der Waals surface area contributed by atoms with Crippen molar-refractivity contribution in [3.8, 4) is 5.75 Å². The first-order chi connectivity index (χ1) is 7.67. The first-order valence-electron chi connectivity index (χ1n) is 4.89. The predicted octanol–water partition coefficient (Wildman–Crippen LogP) is 1.93. The Morgan fingerprint density at radius 2 is 2.25 bits per heavy atom. The lowest BCUT2D eigenvalue weighted by molar-refractivity contribution is -0.139. The van der Waals surface area contributed by atoms with Crippen LogP contribution in [0.15, 0.2) is 23.1 Å². The molecule has 1 rings (SSSR count). The van der Waals surface area contributed by atoms with Crippen LogP contribution in [0.2, 0.25) is 0 Å². The second-order valence-corrected chi connectivity index (χ2v) is 4.05. The Morgan fingerprint density at radius 1 is 1.50 bits per heavy atom. The lowest BCUT2D eigenvalue weighted by Gasteiger charge is -2.06. The molecule has 88 valence electrons. The summed E-state index contributed by atoms with van der Waals surface area (Å²) in [4.78, 5) is 12.1. The van der Waals surface area contributed by atoms with E-state index in [-0.39, 0.29) is 5.97 Å². The van der Waals surface area contributed by atoms with Crippen LogP contribution in [0.1, 0.15) is 6.92 Å². The number of benzene rings is 1. The minimum Gasteiger partial charge on any atom is -0.495 e. The number of carbonyl (C=O) groups excluding carboxylic acids is 1. The number of anilines is 1. The molecule has 2 N–H and O–H groups in total. The quantitative estimate of drug-likeness (QED) is 0.485. The average Bonchev–Trinajstić information content (AvgIpc) is 2.28. The van der Waals surface area contributed by atoms with Crippen molar-refractivity contribution in [2.24, 2.45) is 0 Å². The summed E-state index contributed by atoms with van der Waals surface area (Å²) in [6.45, 7) is 2.19. The number of ether oxygens (including phenoxy) is 2. The molecule has 1 aromatic rings. The highest BCUT2D eigenvalue weighted by atomic mass is 32.2. The fourth-order valence-electron chi connectivity index (χ4n) is 1.13. The summed E-state index contributed by atoms with van der Waals surface area (Å²) >= 11 is 1.40. The van der Waals surface area contributed by atoms with Crippen molar-refractivity contribution in [1.29, 1.82) is 0 Å². The van der Waals surface area contributed by atoms with Crippen molar-refractivity contribution in [3.05, 3.63) is 18.2 Å². The Kier molecular flexibility index (Phi) is 4.98. The number of rotatable bonds is 5. The number of thioether (sulfide) groups is 1. The summed E-state index contributed by atoms with van der Waals surface area (Å²) in [5.41, 5.74) is 6.26. The van der Waals surface area contributed by atoms with E-state index in [1.54, 1.807) is 26.2 Å². The molecule has 0 saturated carbocycles. The van der Waals surface area contributed by atoms with Gasteiger partial charge in [0.2, 0.25) is 0 Å². The minimum atomic E-state index is -0.219. The third kappa shape index (κ3) is 3.66. The van der Waals surface area contributed by atoms with E-state index in [0.29, 0.717) is 23.8 Å². The normalized spacial score (nSPS) is 9.88. The first kappa shape index (κ1) is 12.7. The van der Waals surface area contributed by atoms with Crippen molar-refractivity contribution in [2.45, 2.75) is 11.8 Å². The molecule has 0 aliphatic rings. The fraction of sp³-hybridized carbons (Fsp3) is 0.364. The van der Waals surface area contributed by atoms with Gasteiger partial charge in [0.15, 0.2) is 0 Å². The first-order valence-corrected chi connectivity index (χ1v) is 5.88. The summed E-state index contributed by atoms with van der Waals surface area (Å²) in [7, 11) is 1.56. The Balaban J connectivity index is 2.57. The number of nitrogens with two attached hydrogens (primary N) is 1. The highest BCUT2D eigenvalue weighted by Gasteiger charge is 2.05. The van der Waals surface area contributed by atoms with Crippen molar-refractivity contribution in [3.63, 3.8) is 0 Å². The van der Waals surface area contributed by atoms with Crippen LogP contribution in [-0.2, 0) is 9.53 Å². The summed E-state index contributed by atoms with van der Waals surface area (Å²) in [5, 5.41) is 0. The number of hydrogen-bond donors (Lipinski definition) is 1. The zero-order valence-corrected chi connectivity index (χ0v) is 10.2. The molecule has 0 spiro atoms. The van der Waals surface area contributed by atoms with Gasteiger partial charge in [-0.3, -0.25) is 4.79 Å². The SMILES string of the molecule is CCOC(=O)CSc1ccc(N)c(OC)c1. The summed E-state index contributed by atoms with van der Waals surface area (Å²) < 4.78 is 9.91. The van der Waals surface area contributed by atoms with Gasteiger partial charge in [-0.2, -0.15) is 0 Å². The van der Waals surface area contributed by atoms with Crippen LogP contribution in [-0.4, -0.2) is 25.4 Å². The molecule has 0 unspecified atom stereocenters. The van der Waals surface area contributed by atoms with Crippen LogP contribution < -0.4 is 10.5 Å². The van der Waals surface area contributed by atoms with Crippen LogP contribution >= 0.6 is 11.8 Å². The second-order valence-electron chi connectivity index (χ2n) is 3.00. The van der Waals surface area contributed by atoms with Crippen molar-refractivity contribution < 1.29 is 14.3 Å². The average molecular weight is 241 g/mol. The van der Waals surface area contributed by atoms with E-state index < -0.39 is 0 Å². The molecule has 1 aromatic carbocycles. The smallest absolute Gasteiger partial charge is 0.316 e. The molecule has 0 aliphatic heterocycles. The highest BCUT2D eigenvalue weighted by Crippen LogP contribution is 2.28. The van der Waals surface area contributed by atoms with Gasteiger partial charge in [-0.25, -0.2) is 0 Å². The van der Waals surface area contributed by atoms with Gasteiger partial charge in [-0.15, -0.1) is 11.8 Å².